The number of rotatable bonds is 35. The van der Waals surface area contributed by atoms with Crippen LogP contribution in [0.4, 0.5) is 0 Å². The van der Waals surface area contributed by atoms with Gasteiger partial charge in [0, 0.05) is 25.4 Å². The number of phenolic OH excluding ortho intramolecular Hbond substituents is 2. The standard InChI is InChI=1S/C30H38O3.C25H36O2.C22H32O2.C22H36O2.C14H16O.C10H14O/c1-4-22(2)26-10-11-28-21-30(17-14-27(28)20-26)33-23(3)31-18-19-32-29-15-12-25(13-16-29)24-8-6-5-7-9-24;1-5-19(4)21-11-12-23-17-24(14-13-22(23)16-21)27-25(26-18(2)3)15-20-9-7-6-8-10-20;1-4-15(2)19-6-5-7-20(11-19)24-21(23-3)22-12-16-8-17(13-22)10-18(9-16)14-22;1-6-17(2)18-11-10-14-20(15-18)24-21(16-22(3,4)5)23-19-12-8-7-9-13-19;1-3-10(2)11-4-5-13-9-14(15)7-6-12(13)8-11;1-3-8(2)9-5-4-6-10(11)7-9/h10-17,20-24H,4-9,18-19H2,1-3H3;11-14,16-20,25H,5-10,15H2,1-4H3;5-7,11,15-18,21H,4,8-10,12-14H2,1-3H3;10-11,14-15,17,19,21H,6-9,12-13,16H2,1-5H3;4-10,15H,3H2,1-2H3;4-8,11H,3H2,1-2H3. The van der Waals surface area contributed by atoms with E-state index in [2.05, 4.69) is 275 Å². The smallest absolute Gasteiger partial charge is 0.205 e. The first-order valence-corrected chi connectivity index (χ1v) is 52.7. The highest BCUT2D eigenvalue weighted by Gasteiger charge is 2.56. The Morgan fingerprint density at radius 3 is 1.22 bits per heavy atom. The molecule has 0 spiro atoms. The van der Waals surface area contributed by atoms with Crippen molar-refractivity contribution in [2.45, 2.75) is 390 Å². The second kappa shape index (κ2) is 53.4. The zero-order chi connectivity index (χ0) is 95.7. The Hall–Kier alpha value is -8.58. The van der Waals surface area contributed by atoms with Crippen LogP contribution in [0.5, 0.6) is 40.2 Å². The van der Waals surface area contributed by atoms with E-state index in [1.54, 1.807) is 18.2 Å². The number of hydrogen-bond acceptors (Lipinski definition) is 11. The Bertz CT molecular complexity index is 5030. The van der Waals surface area contributed by atoms with Crippen LogP contribution in [0.3, 0.4) is 0 Å². The van der Waals surface area contributed by atoms with Crippen molar-refractivity contribution in [3.8, 4) is 40.2 Å². The lowest BCUT2D eigenvalue weighted by atomic mass is 9.49. The van der Waals surface area contributed by atoms with Crippen molar-refractivity contribution in [1.29, 1.82) is 0 Å². The van der Waals surface area contributed by atoms with Gasteiger partial charge in [-0.2, -0.15) is 0 Å². The van der Waals surface area contributed by atoms with Crippen molar-refractivity contribution in [2.24, 2.45) is 34.5 Å². The van der Waals surface area contributed by atoms with Crippen LogP contribution < -0.4 is 23.7 Å². The molecule has 7 aliphatic rings. The van der Waals surface area contributed by atoms with E-state index in [0.29, 0.717) is 66.3 Å². The summed E-state index contributed by atoms with van der Waals surface area (Å²) in [6.07, 6.45) is 36.7. The second-order valence-electron chi connectivity index (χ2n) is 42.4. The third kappa shape index (κ3) is 33.1. The highest BCUT2D eigenvalue weighted by molar-refractivity contribution is 5.86. The molecular weight excluding hydrogens is 1650 g/mol. The summed E-state index contributed by atoms with van der Waals surface area (Å²) in [6, 6.07) is 71.4. The number of phenols is 2. The molecular formula is C123H172O11. The van der Waals surface area contributed by atoms with Crippen molar-refractivity contribution in [2.75, 3.05) is 20.3 Å². The number of aromatic hydroxyl groups is 2. The average Bonchev–Trinajstić information content (AvgIpc) is 0.735. The van der Waals surface area contributed by atoms with Crippen LogP contribution in [-0.2, 0) is 18.9 Å². The van der Waals surface area contributed by atoms with E-state index in [0.717, 1.165) is 109 Å². The summed E-state index contributed by atoms with van der Waals surface area (Å²) in [5, 5.41) is 25.8. The molecule has 0 amide bonds. The summed E-state index contributed by atoms with van der Waals surface area (Å²) >= 11 is 0. The van der Waals surface area contributed by atoms with Crippen molar-refractivity contribution in [1.82, 2.24) is 0 Å². The molecule has 4 bridgehead atoms. The quantitative estimate of drug-likeness (QED) is 0.0291. The molecule has 0 saturated heterocycles. The van der Waals surface area contributed by atoms with E-state index in [1.807, 2.05) is 44.4 Å². The van der Waals surface area contributed by atoms with Gasteiger partial charge in [0.15, 0.2) is 12.6 Å². The summed E-state index contributed by atoms with van der Waals surface area (Å²) in [6.45, 7) is 40.7. The minimum Gasteiger partial charge on any atom is -0.508 e. The fraction of sp³-hybridized carbons (Fsp3) is 0.561. The fourth-order valence-electron chi connectivity index (χ4n) is 21.2. The van der Waals surface area contributed by atoms with Crippen LogP contribution in [0.25, 0.3) is 32.3 Å². The molecule has 0 radical (unpaired) electrons. The first-order valence-electron chi connectivity index (χ1n) is 52.7. The number of methoxy groups -OCH3 is 1. The Balaban J connectivity index is 0.000000159. The molecule has 730 valence electrons. The molecule has 2 N–H and O–H groups in total. The maximum absolute atomic E-state index is 9.35. The van der Waals surface area contributed by atoms with E-state index in [9.17, 15) is 5.11 Å². The number of benzene rings is 10. The highest BCUT2D eigenvalue weighted by atomic mass is 16.7. The van der Waals surface area contributed by atoms with Gasteiger partial charge in [0.25, 0.3) is 0 Å². The van der Waals surface area contributed by atoms with Gasteiger partial charge in [-0.25, -0.2) is 0 Å². The lowest BCUT2D eigenvalue weighted by molar-refractivity contribution is -0.204. The van der Waals surface area contributed by atoms with Crippen molar-refractivity contribution < 1.29 is 52.8 Å². The van der Waals surface area contributed by atoms with E-state index in [-0.39, 0.29) is 42.1 Å². The third-order valence-corrected chi connectivity index (χ3v) is 30.1. The van der Waals surface area contributed by atoms with E-state index in [1.165, 1.54) is 207 Å². The molecule has 10 aromatic carbocycles. The van der Waals surface area contributed by atoms with Crippen molar-refractivity contribution in [3.63, 3.8) is 0 Å². The van der Waals surface area contributed by atoms with Gasteiger partial charge in [0.1, 0.15) is 46.9 Å². The normalized spacial score (nSPS) is 20.1. The monoisotopic (exact) mass is 1830 g/mol. The van der Waals surface area contributed by atoms with Crippen LogP contribution in [0.2, 0.25) is 0 Å². The van der Waals surface area contributed by atoms with Gasteiger partial charge in [0.2, 0.25) is 12.6 Å². The van der Waals surface area contributed by atoms with Gasteiger partial charge >= 0.3 is 0 Å². The zero-order valence-corrected chi connectivity index (χ0v) is 85.9. The molecule has 7 saturated carbocycles. The first-order chi connectivity index (χ1) is 64.6. The van der Waals surface area contributed by atoms with E-state index < -0.39 is 0 Å². The van der Waals surface area contributed by atoms with Crippen LogP contribution in [0.1, 0.15) is 391 Å². The summed E-state index contributed by atoms with van der Waals surface area (Å²) in [5.41, 5.74) is 10.0. The Morgan fingerprint density at radius 2 is 0.754 bits per heavy atom. The lowest BCUT2D eigenvalue weighted by Crippen LogP contribution is -2.53. The van der Waals surface area contributed by atoms with Crippen molar-refractivity contribution in [3.05, 3.63) is 245 Å². The maximum Gasteiger partial charge on any atom is 0.205 e. The number of fused-ring (bicyclic) bond motifs is 3. The average molecular weight is 1830 g/mol. The fourth-order valence-corrected chi connectivity index (χ4v) is 21.2. The summed E-state index contributed by atoms with van der Waals surface area (Å²) in [5.74, 6) is 13.0. The summed E-state index contributed by atoms with van der Waals surface area (Å²) in [7, 11) is 1.84. The predicted molar refractivity (Wildman–Crippen MR) is 561 cm³/mol. The van der Waals surface area contributed by atoms with Gasteiger partial charge < -0.3 is 52.8 Å². The van der Waals surface area contributed by atoms with E-state index in [4.69, 9.17) is 47.7 Å². The Labute approximate surface area is 810 Å². The molecule has 11 nitrogen and oxygen atoms in total. The summed E-state index contributed by atoms with van der Waals surface area (Å²) < 4.78 is 55.2. The Morgan fingerprint density at radius 1 is 0.366 bits per heavy atom. The predicted octanol–water partition coefficient (Wildman–Crippen LogP) is 35.1. The lowest BCUT2D eigenvalue weighted by Gasteiger charge is -2.58. The van der Waals surface area contributed by atoms with Gasteiger partial charge in [-0.05, 0) is 350 Å². The van der Waals surface area contributed by atoms with Crippen molar-refractivity contribution >= 4 is 32.3 Å². The molecule has 7 fully saturated rings. The molecule has 17 rings (SSSR count). The summed E-state index contributed by atoms with van der Waals surface area (Å²) in [4.78, 5) is 0. The molecule has 11 heteroatoms. The molecule has 10 atom stereocenters. The van der Waals surface area contributed by atoms with Crippen LogP contribution in [-0.4, -0.2) is 67.9 Å². The first kappa shape index (κ1) is 106. The topological polar surface area (TPSA) is 124 Å². The zero-order valence-electron chi connectivity index (χ0n) is 85.9. The molecule has 0 heterocycles. The van der Waals surface area contributed by atoms with Gasteiger partial charge in [-0.15, -0.1) is 0 Å². The maximum atomic E-state index is 9.35. The molecule has 0 aromatic heterocycles. The number of ether oxygens (including phenoxy) is 9. The second-order valence-corrected chi connectivity index (χ2v) is 42.4. The Kier molecular flexibility index (Phi) is 42.2. The molecule has 0 aliphatic heterocycles. The minimum absolute atomic E-state index is 0.0851. The molecule has 7 aliphatic carbocycles. The highest BCUT2D eigenvalue weighted by Crippen LogP contribution is 2.62. The van der Waals surface area contributed by atoms with Crippen LogP contribution in [0.15, 0.2) is 206 Å². The minimum atomic E-state index is -0.334. The largest absolute Gasteiger partial charge is 0.508 e. The van der Waals surface area contributed by atoms with Gasteiger partial charge in [-0.3, -0.25) is 0 Å². The van der Waals surface area contributed by atoms with Crippen LogP contribution in [0, 0.1) is 34.5 Å². The van der Waals surface area contributed by atoms with Crippen LogP contribution >= 0.6 is 0 Å². The SMILES string of the molecule is CCC(C)c1ccc2cc(O)ccc2c1.CCC(C)c1ccc2cc(OC(C)OCCOc3ccc(C4CCCCC4)cc3)ccc2c1.CCC(C)c1ccc2cc(OC(CC3CCCCC3)OC(C)C)ccc2c1.CCC(C)c1cccc(O)c1.CCC(C)c1cccc(OC(CC(C)(C)C)OC2CCCCC2)c1.CCC(C)c1cccc(OC(OC)C23CC4CC(CC(C4)C2)C3)c1. The van der Waals surface area contributed by atoms with Gasteiger partial charge in [0.05, 0.1) is 18.8 Å². The molecule has 10 unspecified atom stereocenters. The third-order valence-electron chi connectivity index (χ3n) is 30.1. The molecule has 10 aromatic rings. The number of hydrogen-bond donors (Lipinski definition) is 2. The van der Waals surface area contributed by atoms with E-state index >= 15 is 0 Å². The van der Waals surface area contributed by atoms with Gasteiger partial charge in [-0.1, -0.05) is 296 Å². The molecule has 134 heavy (non-hydrogen) atoms.